The third-order valence-corrected chi connectivity index (χ3v) is 2.58. The van der Waals surface area contributed by atoms with E-state index in [-0.39, 0.29) is 0 Å². The van der Waals surface area contributed by atoms with Gasteiger partial charge in [-0.2, -0.15) is 0 Å². The van der Waals surface area contributed by atoms with Crippen molar-refractivity contribution in [2.75, 3.05) is 18.5 Å². The first-order valence-electron chi connectivity index (χ1n) is 4.61. The molecule has 14 heavy (non-hydrogen) atoms. The first-order valence-corrected chi connectivity index (χ1v) is 5.52. The summed E-state index contributed by atoms with van der Waals surface area (Å²) in [6, 6.07) is 3.75. The molecule has 0 unspecified atom stereocenters. The van der Waals surface area contributed by atoms with E-state index in [1.165, 1.54) is 0 Å². The molecule has 0 N–H and O–H groups in total. The van der Waals surface area contributed by atoms with Gasteiger partial charge in [0.1, 0.15) is 5.82 Å². The van der Waals surface area contributed by atoms with Gasteiger partial charge in [0, 0.05) is 13.6 Å². The standard InChI is InChI=1S/C10H14Cl2N2/c1-3-6-14(2)10-5-4-8(12)9(7-11)13-10/h4-5H,3,6-7H2,1-2H3. The van der Waals surface area contributed by atoms with Crippen LogP contribution in [0.5, 0.6) is 0 Å². The number of anilines is 1. The summed E-state index contributed by atoms with van der Waals surface area (Å²) in [4.78, 5) is 6.46. The Labute approximate surface area is 94.8 Å². The van der Waals surface area contributed by atoms with Crippen LogP contribution in [0.25, 0.3) is 0 Å². The first-order chi connectivity index (χ1) is 6.69. The molecule has 1 aromatic heterocycles. The number of hydrogen-bond acceptors (Lipinski definition) is 2. The molecule has 78 valence electrons. The number of hydrogen-bond donors (Lipinski definition) is 0. The van der Waals surface area contributed by atoms with Gasteiger partial charge in [0.15, 0.2) is 0 Å². The number of rotatable bonds is 4. The fourth-order valence-electron chi connectivity index (χ4n) is 1.23. The van der Waals surface area contributed by atoms with Crippen LogP contribution < -0.4 is 4.90 Å². The van der Waals surface area contributed by atoms with Crippen LogP contribution in [0.4, 0.5) is 5.82 Å². The van der Waals surface area contributed by atoms with Crippen LogP contribution in [-0.4, -0.2) is 18.6 Å². The highest BCUT2D eigenvalue weighted by Gasteiger charge is 2.05. The average molecular weight is 233 g/mol. The Hall–Kier alpha value is -0.470. The van der Waals surface area contributed by atoms with Crippen LogP contribution in [0.2, 0.25) is 5.02 Å². The third-order valence-electron chi connectivity index (χ3n) is 1.98. The molecule has 0 aliphatic heterocycles. The van der Waals surface area contributed by atoms with Gasteiger partial charge in [-0.25, -0.2) is 4.98 Å². The van der Waals surface area contributed by atoms with E-state index in [0.29, 0.717) is 10.9 Å². The van der Waals surface area contributed by atoms with Crippen LogP contribution in [0.1, 0.15) is 19.0 Å². The summed E-state index contributed by atoms with van der Waals surface area (Å²) in [5.74, 6) is 1.28. The topological polar surface area (TPSA) is 16.1 Å². The van der Waals surface area contributed by atoms with Crippen molar-refractivity contribution in [2.45, 2.75) is 19.2 Å². The second-order valence-corrected chi connectivity index (χ2v) is 3.83. The molecular formula is C10H14Cl2N2. The normalized spacial score (nSPS) is 10.3. The van der Waals surface area contributed by atoms with Crippen molar-refractivity contribution in [3.8, 4) is 0 Å². The molecule has 0 saturated heterocycles. The first kappa shape index (κ1) is 11.6. The zero-order chi connectivity index (χ0) is 10.6. The Balaban J connectivity index is 2.88. The van der Waals surface area contributed by atoms with Crippen LogP contribution in [0.3, 0.4) is 0 Å². The van der Waals surface area contributed by atoms with Gasteiger partial charge in [0.2, 0.25) is 0 Å². The fraction of sp³-hybridized carbons (Fsp3) is 0.500. The molecule has 0 bridgehead atoms. The molecule has 1 heterocycles. The molecule has 0 aliphatic carbocycles. The van der Waals surface area contributed by atoms with E-state index >= 15 is 0 Å². The molecule has 0 aromatic carbocycles. The predicted octanol–water partition coefficient (Wildman–Crippen LogP) is 3.32. The molecule has 0 radical (unpaired) electrons. The summed E-state index contributed by atoms with van der Waals surface area (Å²) in [5, 5.41) is 0.633. The molecular weight excluding hydrogens is 219 g/mol. The Morgan fingerprint density at radius 1 is 1.43 bits per heavy atom. The smallest absolute Gasteiger partial charge is 0.128 e. The molecule has 0 spiro atoms. The quantitative estimate of drug-likeness (QED) is 0.741. The van der Waals surface area contributed by atoms with E-state index in [0.717, 1.165) is 24.5 Å². The van der Waals surface area contributed by atoms with Crippen LogP contribution in [0, 0.1) is 0 Å². The van der Waals surface area contributed by atoms with Gasteiger partial charge in [-0.15, -0.1) is 11.6 Å². The van der Waals surface area contributed by atoms with Gasteiger partial charge in [-0.05, 0) is 18.6 Å². The van der Waals surface area contributed by atoms with Gasteiger partial charge in [0.25, 0.3) is 0 Å². The van der Waals surface area contributed by atoms with E-state index in [1.54, 1.807) is 0 Å². The Kier molecular flexibility index (Phi) is 4.49. The van der Waals surface area contributed by atoms with E-state index < -0.39 is 0 Å². The van der Waals surface area contributed by atoms with E-state index in [4.69, 9.17) is 23.2 Å². The van der Waals surface area contributed by atoms with Crippen molar-refractivity contribution in [3.63, 3.8) is 0 Å². The zero-order valence-corrected chi connectivity index (χ0v) is 9.94. The average Bonchev–Trinajstić information content (AvgIpc) is 2.19. The molecule has 0 saturated carbocycles. The number of nitrogens with zero attached hydrogens (tertiary/aromatic N) is 2. The molecule has 0 amide bonds. The lowest BCUT2D eigenvalue weighted by Crippen LogP contribution is -2.19. The second kappa shape index (κ2) is 5.42. The highest BCUT2D eigenvalue weighted by molar-refractivity contribution is 6.32. The van der Waals surface area contributed by atoms with Crippen molar-refractivity contribution in [1.82, 2.24) is 4.98 Å². The third kappa shape index (κ3) is 2.76. The summed E-state index contributed by atoms with van der Waals surface area (Å²) in [6.45, 7) is 3.12. The van der Waals surface area contributed by atoms with Crippen molar-refractivity contribution in [1.29, 1.82) is 0 Å². The lowest BCUT2D eigenvalue weighted by Gasteiger charge is -2.17. The van der Waals surface area contributed by atoms with Gasteiger partial charge in [-0.3, -0.25) is 0 Å². The number of halogens is 2. The van der Waals surface area contributed by atoms with E-state index in [1.807, 2.05) is 19.2 Å². The Bertz CT molecular complexity index is 302. The minimum Gasteiger partial charge on any atom is -0.360 e. The predicted molar refractivity (Wildman–Crippen MR) is 62.4 cm³/mol. The van der Waals surface area contributed by atoms with Gasteiger partial charge < -0.3 is 4.90 Å². The molecule has 0 atom stereocenters. The number of aromatic nitrogens is 1. The number of pyridine rings is 1. The Morgan fingerprint density at radius 3 is 2.71 bits per heavy atom. The second-order valence-electron chi connectivity index (χ2n) is 3.15. The molecule has 0 fully saturated rings. The van der Waals surface area contributed by atoms with Crippen LogP contribution in [0.15, 0.2) is 12.1 Å². The monoisotopic (exact) mass is 232 g/mol. The largest absolute Gasteiger partial charge is 0.360 e. The maximum Gasteiger partial charge on any atom is 0.128 e. The van der Waals surface area contributed by atoms with E-state index in [9.17, 15) is 0 Å². The summed E-state index contributed by atoms with van der Waals surface area (Å²) in [5.41, 5.74) is 0.744. The maximum absolute atomic E-state index is 5.91. The van der Waals surface area contributed by atoms with Crippen molar-refractivity contribution >= 4 is 29.0 Å². The summed E-state index contributed by atoms with van der Waals surface area (Å²) in [6.07, 6.45) is 1.09. The Morgan fingerprint density at radius 2 is 2.14 bits per heavy atom. The molecule has 1 rings (SSSR count). The zero-order valence-electron chi connectivity index (χ0n) is 8.43. The number of alkyl halides is 1. The molecule has 0 aliphatic rings. The van der Waals surface area contributed by atoms with Gasteiger partial charge >= 0.3 is 0 Å². The SMILES string of the molecule is CCCN(C)c1ccc(Cl)c(CCl)n1. The van der Waals surface area contributed by atoms with Crippen molar-refractivity contribution in [3.05, 3.63) is 22.8 Å². The molecule has 4 heteroatoms. The van der Waals surface area contributed by atoms with Gasteiger partial charge in [0.05, 0.1) is 16.6 Å². The van der Waals surface area contributed by atoms with E-state index in [2.05, 4.69) is 16.8 Å². The van der Waals surface area contributed by atoms with Gasteiger partial charge in [-0.1, -0.05) is 18.5 Å². The summed E-state index contributed by atoms with van der Waals surface area (Å²) < 4.78 is 0. The molecule has 2 nitrogen and oxygen atoms in total. The van der Waals surface area contributed by atoms with Crippen LogP contribution in [-0.2, 0) is 5.88 Å². The highest BCUT2D eigenvalue weighted by atomic mass is 35.5. The van der Waals surface area contributed by atoms with Crippen molar-refractivity contribution in [2.24, 2.45) is 0 Å². The summed E-state index contributed by atoms with van der Waals surface area (Å²) >= 11 is 11.6. The summed E-state index contributed by atoms with van der Waals surface area (Å²) in [7, 11) is 2.01. The fourth-order valence-corrected chi connectivity index (χ4v) is 1.67. The molecule has 1 aromatic rings. The lowest BCUT2D eigenvalue weighted by atomic mass is 10.3. The maximum atomic E-state index is 5.91. The lowest BCUT2D eigenvalue weighted by molar-refractivity contribution is 0.834. The minimum atomic E-state index is 0.354. The highest BCUT2D eigenvalue weighted by Crippen LogP contribution is 2.20. The van der Waals surface area contributed by atoms with Crippen LogP contribution >= 0.6 is 23.2 Å². The minimum absolute atomic E-state index is 0.354. The van der Waals surface area contributed by atoms with Crippen molar-refractivity contribution < 1.29 is 0 Å².